The van der Waals surface area contributed by atoms with E-state index in [0.717, 1.165) is 45.7 Å². The van der Waals surface area contributed by atoms with E-state index in [-0.39, 0.29) is 23.5 Å². The zero-order chi connectivity index (χ0) is 36.4. The molecule has 0 aromatic heterocycles. The monoisotopic (exact) mass is 760 g/mol. The fraction of sp³-hybridized carbons (Fsp3) is 0.469. The number of aryl methyl sites for hydroxylation is 1. The zero-order valence-electron chi connectivity index (χ0n) is 27.6. The molecule has 13 nitrogen and oxygen atoms in total. The summed E-state index contributed by atoms with van der Waals surface area (Å²) >= 11 is 0.840. The predicted molar refractivity (Wildman–Crippen MR) is 185 cm³/mol. The van der Waals surface area contributed by atoms with Crippen molar-refractivity contribution in [3.63, 3.8) is 0 Å². The highest BCUT2D eigenvalue weighted by Gasteiger charge is 2.44. The number of benzene rings is 2. The highest BCUT2D eigenvalue weighted by Crippen LogP contribution is 2.46. The van der Waals surface area contributed by atoms with Gasteiger partial charge < -0.3 is 0 Å². The van der Waals surface area contributed by atoms with Crippen LogP contribution in [0.15, 0.2) is 63.9 Å². The van der Waals surface area contributed by atoms with Crippen molar-refractivity contribution in [1.82, 2.24) is 0 Å². The van der Waals surface area contributed by atoms with Gasteiger partial charge in [0.05, 0.1) is 33.9 Å². The first-order chi connectivity index (χ1) is 22.6. The van der Waals surface area contributed by atoms with Gasteiger partial charge in [-0.3, -0.25) is 13.7 Å². The molecule has 0 atom stereocenters. The molecule has 0 saturated heterocycles. The van der Waals surface area contributed by atoms with E-state index in [1.165, 1.54) is 12.1 Å². The summed E-state index contributed by atoms with van der Waals surface area (Å²) in [6.07, 6.45) is 8.04. The van der Waals surface area contributed by atoms with Crippen molar-refractivity contribution in [3.8, 4) is 0 Å². The predicted octanol–water partition coefficient (Wildman–Crippen LogP) is 5.63. The number of allylic oxidation sites excluding steroid dienone is 4. The maximum absolute atomic E-state index is 12.2. The van der Waals surface area contributed by atoms with E-state index >= 15 is 0 Å². The Kier molecular flexibility index (Phi) is 12.1. The summed E-state index contributed by atoms with van der Waals surface area (Å²) in [5.74, 6) is -0.754. The molecule has 0 bridgehead atoms. The first kappa shape index (κ1) is 39.3. The van der Waals surface area contributed by atoms with Crippen molar-refractivity contribution in [3.05, 3.63) is 76.4 Å². The minimum atomic E-state index is -4.52. The summed E-state index contributed by atoms with van der Waals surface area (Å²) in [5, 5.41) is 12.4. The fourth-order valence-electron chi connectivity index (χ4n) is 6.60. The van der Waals surface area contributed by atoms with Gasteiger partial charge in [0.2, 0.25) is 5.69 Å². The molecule has 270 valence electrons. The highest BCUT2D eigenvalue weighted by molar-refractivity contribution is 7.94. The lowest BCUT2D eigenvalue weighted by Gasteiger charge is -2.23. The molecule has 1 aliphatic carbocycles. The van der Waals surface area contributed by atoms with Gasteiger partial charge in [-0.15, -0.1) is 4.33 Å². The molecule has 4 rings (SSSR count). The van der Waals surface area contributed by atoms with Crippen LogP contribution in [0.2, 0.25) is 0 Å². The Bertz CT molecular complexity index is 2010. The van der Waals surface area contributed by atoms with Crippen LogP contribution in [0.1, 0.15) is 75.6 Å². The van der Waals surface area contributed by atoms with Crippen LogP contribution in [-0.2, 0) is 63.4 Å². The number of hydrogen-bond acceptors (Lipinski definition) is 10. The lowest BCUT2D eigenvalue weighted by Crippen LogP contribution is -2.28. The lowest BCUT2D eigenvalue weighted by atomic mass is 9.81. The van der Waals surface area contributed by atoms with Gasteiger partial charge in [0, 0.05) is 34.4 Å². The Morgan fingerprint density at radius 1 is 0.857 bits per heavy atom. The number of nitrogens with zero attached hydrogens (tertiary/aromatic N) is 1. The van der Waals surface area contributed by atoms with E-state index < -0.39 is 46.9 Å². The van der Waals surface area contributed by atoms with Crippen molar-refractivity contribution in [2.24, 2.45) is 0 Å². The number of fused-ring (bicyclic) bond motifs is 2. The lowest BCUT2D eigenvalue weighted by molar-refractivity contribution is -0.438. The van der Waals surface area contributed by atoms with Crippen LogP contribution in [0, 0.1) is 0 Å². The largest absolute Gasteiger partial charge is 0.294 e. The Hall–Kier alpha value is -2.45. The zero-order valence-corrected chi connectivity index (χ0v) is 30.9. The van der Waals surface area contributed by atoms with Gasteiger partial charge in [0.1, 0.15) is 6.54 Å². The molecule has 0 saturated carbocycles. The van der Waals surface area contributed by atoms with Crippen molar-refractivity contribution in [2.45, 2.75) is 86.8 Å². The molecule has 0 fully saturated rings. The molecule has 0 unspecified atom stereocenters. The SMILES string of the molecule is CC1(C)C(C=CC=C2Cc3c(CCCCS(=O)(=O)O)cc(S(=O)(=O)O)cc3C2(C)C)=[N+](CCCCS(=O)(=O)O)c2ccc(SOOO)cc21. The number of hydrogen-bond donors (Lipinski definition) is 4. The summed E-state index contributed by atoms with van der Waals surface area (Å²) in [7, 11) is -12.7. The summed E-state index contributed by atoms with van der Waals surface area (Å²) in [6, 6.07) is 8.54. The molecular weight excluding hydrogens is 719 g/mol. The van der Waals surface area contributed by atoms with Crippen molar-refractivity contribution in [2.75, 3.05) is 18.1 Å². The maximum atomic E-state index is 12.2. The third kappa shape index (κ3) is 9.66. The van der Waals surface area contributed by atoms with Crippen LogP contribution in [0.25, 0.3) is 0 Å². The second kappa shape index (κ2) is 15.0. The fourth-order valence-corrected chi connectivity index (χ4v) is 8.70. The average Bonchev–Trinajstić information content (AvgIpc) is 3.36. The molecule has 1 heterocycles. The molecule has 2 aromatic carbocycles. The second-order valence-corrected chi connectivity index (χ2v) is 18.6. The molecule has 0 amide bonds. The molecule has 1 aliphatic heterocycles. The molecular formula is C32H42NO12S4+. The van der Waals surface area contributed by atoms with Crippen molar-refractivity contribution >= 4 is 53.8 Å². The van der Waals surface area contributed by atoms with Gasteiger partial charge in [-0.05, 0) is 86.9 Å². The van der Waals surface area contributed by atoms with Crippen LogP contribution >= 0.6 is 12.0 Å². The van der Waals surface area contributed by atoms with Crippen LogP contribution < -0.4 is 0 Å². The van der Waals surface area contributed by atoms with Gasteiger partial charge in [0.25, 0.3) is 30.4 Å². The Morgan fingerprint density at radius 3 is 2.12 bits per heavy atom. The molecule has 49 heavy (non-hydrogen) atoms. The third-order valence-corrected chi connectivity index (χ3v) is 12.2. The van der Waals surface area contributed by atoms with Gasteiger partial charge in [-0.1, -0.05) is 36.6 Å². The summed E-state index contributed by atoms with van der Waals surface area (Å²) in [4.78, 5) is 0.447. The van der Waals surface area contributed by atoms with Gasteiger partial charge >= 0.3 is 0 Å². The van der Waals surface area contributed by atoms with Crippen LogP contribution in [0.4, 0.5) is 5.69 Å². The molecule has 4 N–H and O–H groups in total. The van der Waals surface area contributed by atoms with Crippen LogP contribution in [0.3, 0.4) is 0 Å². The van der Waals surface area contributed by atoms with Gasteiger partial charge in [-0.25, -0.2) is 5.26 Å². The van der Waals surface area contributed by atoms with Gasteiger partial charge in [0.15, 0.2) is 5.71 Å². The summed E-state index contributed by atoms with van der Waals surface area (Å²) in [5.41, 5.74) is 4.99. The molecule has 17 heteroatoms. The van der Waals surface area contributed by atoms with Gasteiger partial charge in [-0.2, -0.15) is 29.8 Å². The smallest absolute Gasteiger partial charge is 0.286 e. The standard InChI is InChI=1S/C32H41NO12S4/c1-31(2)23(19-26-22(10-5-7-16-47(35,36)37)18-25(21-27(26)31)49(41,42)43)11-9-12-30-32(3,4)28-20-24(46-45-44-34)13-14-29(28)33(30)15-6-8-17-48(38,39)40/h9,11-14,18,20-21H,5-8,10,15-17,19H2,1-4H3,(H3-,34,35,36,37,38,39,40,41,42,43)/p+1. The van der Waals surface area contributed by atoms with Crippen LogP contribution in [-0.4, -0.2) is 72.5 Å². The van der Waals surface area contributed by atoms with E-state index in [1.54, 1.807) is 6.07 Å². The normalized spacial score (nSPS) is 18.1. The average molecular weight is 761 g/mol. The quantitative estimate of drug-likeness (QED) is 0.0409. The Labute approximate surface area is 292 Å². The number of unbranched alkanes of at least 4 members (excludes halogenated alkanes) is 2. The van der Waals surface area contributed by atoms with Crippen LogP contribution in [0.5, 0.6) is 0 Å². The molecule has 0 radical (unpaired) electrons. The van der Waals surface area contributed by atoms with Crippen molar-refractivity contribution < 1.29 is 58.1 Å². The van der Waals surface area contributed by atoms with Crippen molar-refractivity contribution in [1.29, 1.82) is 0 Å². The third-order valence-electron chi connectivity index (χ3n) is 9.16. The van der Waals surface area contributed by atoms with E-state index in [9.17, 15) is 34.4 Å². The van der Waals surface area contributed by atoms with E-state index in [4.69, 9.17) is 9.81 Å². The minimum absolute atomic E-state index is 0.185. The minimum Gasteiger partial charge on any atom is -0.286 e. The Morgan fingerprint density at radius 2 is 1.51 bits per heavy atom. The summed E-state index contributed by atoms with van der Waals surface area (Å²) < 4.78 is 104. The highest BCUT2D eigenvalue weighted by atomic mass is 32.2. The first-order valence-corrected chi connectivity index (χ1v) is 20.9. The second-order valence-electron chi connectivity index (χ2n) is 13.2. The van der Waals surface area contributed by atoms with E-state index in [0.29, 0.717) is 42.7 Å². The molecule has 0 spiro atoms. The summed E-state index contributed by atoms with van der Waals surface area (Å²) in [6.45, 7) is 8.51. The topological polar surface area (TPSA) is 205 Å². The Balaban J connectivity index is 1.69. The first-order valence-electron chi connectivity index (χ1n) is 15.5. The van der Waals surface area contributed by atoms with E-state index in [2.05, 4.69) is 27.8 Å². The molecule has 2 aliphatic rings. The number of rotatable bonds is 16. The maximum Gasteiger partial charge on any atom is 0.294 e. The molecule has 2 aromatic rings. The van der Waals surface area contributed by atoms with E-state index in [1.807, 2.05) is 44.2 Å².